The van der Waals surface area contributed by atoms with Gasteiger partial charge >= 0.3 is 0 Å². The van der Waals surface area contributed by atoms with Crippen LogP contribution in [0.4, 0.5) is 5.69 Å². The Kier molecular flexibility index (Phi) is 3.87. The minimum absolute atomic E-state index is 0.0172. The Morgan fingerprint density at radius 2 is 2.33 bits per heavy atom. The van der Waals surface area contributed by atoms with E-state index in [2.05, 4.69) is 0 Å². The minimum Gasteiger partial charge on any atom is -0.497 e. The molecule has 1 aromatic carbocycles. The van der Waals surface area contributed by atoms with Crippen molar-refractivity contribution in [3.8, 4) is 5.75 Å². The summed E-state index contributed by atoms with van der Waals surface area (Å²) in [5.41, 5.74) is 7.99. The van der Waals surface area contributed by atoms with Crippen LogP contribution in [-0.4, -0.2) is 25.6 Å². The van der Waals surface area contributed by atoms with Crippen molar-refractivity contribution in [3.05, 3.63) is 23.8 Å². The van der Waals surface area contributed by atoms with E-state index in [0.717, 1.165) is 36.4 Å². The van der Waals surface area contributed by atoms with Gasteiger partial charge in [-0.05, 0) is 43.0 Å². The molecule has 98 valence electrons. The Bertz CT molecular complexity index is 445. The lowest BCUT2D eigenvalue weighted by atomic mass is 10.0. The van der Waals surface area contributed by atoms with E-state index in [0.29, 0.717) is 6.42 Å². The first kappa shape index (κ1) is 12.9. The highest BCUT2D eigenvalue weighted by atomic mass is 16.5. The van der Waals surface area contributed by atoms with Crippen molar-refractivity contribution >= 4 is 11.6 Å². The van der Waals surface area contributed by atoms with Gasteiger partial charge in [-0.2, -0.15) is 0 Å². The maximum atomic E-state index is 12.2. The molecule has 1 aromatic rings. The first-order chi connectivity index (χ1) is 8.67. The number of nitrogens with zero attached hydrogens (tertiary/aromatic N) is 1. The number of hydrogen-bond donors (Lipinski definition) is 1. The number of benzene rings is 1. The summed E-state index contributed by atoms with van der Waals surface area (Å²) in [5, 5.41) is 0. The van der Waals surface area contributed by atoms with Gasteiger partial charge in [0.1, 0.15) is 5.75 Å². The number of carbonyl (C=O) groups is 1. The molecule has 2 rings (SSSR count). The van der Waals surface area contributed by atoms with Crippen LogP contribution in [0, 0.1) is 0 Å². The fourth-order valence-corrected chi connectivity index (χ4v) is 2.30. The molecule has 0 unspecified atom stereocenters. The van der Waals surface area contributed by atoms with Crippen molar-refractivity contribution in [2.75, 3.05) is 18.6 Å². The van der Waals surface area contributed by atoms with Gasteiger partial charge in [0.05, 0.1) is 13.2 Å². The van der Waals surface area contributed by atoms with Crippen molar-refractivity contribution in [2.24, 2.45) is 5.73 Å². The lowest BCUT2D eigenvalue weighted by molar-refractivity contribution is -0.120. The van der Waals surface area contributed by atoms with E-state index in [1.54, 1.807) is 7.11 Å². The quantitative estimate of drug-likeness (QED) is 0.886. The zero-order valence-electron chi connectivity index (χ0n) is 11.0. The summed E-state index contributed by atoms with van der Waals surface area (Å²) >= 11 is 0. The second-order valence-corrected chi connectivity index (χ2v) is 4.60. The summed E-state index contributed by atoms with van der Waals surface area (Å²) in [5.74, 6) is 0.853. The number of fused-ring (bicyclic) bond motifs is 1. The van der Waals surface area contributed by atoms with Crippen molar-refractivity contribution in [1.29, 1.82) is 0 Å². The number of nitrogens with two attached hydrogens (primary N) is 1. The van der Waals surface area contributed by atoms with Crippen LogP contribution in [0.1, 0.15) is 25.3 Å². The minimum atomic E-state index is -0.405. The number of hydrogen-bond acceptors (Lipinski definition) is 3. The van der Waals surface area contributed by atoms with E-state index in [9.17, 15) is 4.79 Å². The highest BCUT2D eigenvalue weighted by Crippen LogP contribution is 2.30. The number of aryl methyl sites for hydroxylation is 1. The molecule has 1 aliphatic rings. The molecule has 18 heavy (non-hydrogen) atoms. The van der Waals surface area contributed by atoms with Gasteiger partial charge in [-0.15, -0.1) is 0 Å². The molecule has 0 bridgehead atoms. The molecule has 1 aliphatic heterocycles. The van der Waals surface area contributed by atoms with Gasteiger partial charge in [0.15, 0.2) is 0 Å². The van der Waals surface area contributed by atoms with Gasteiger partial charge in [-0.3, -0.25) is 4.79 Å². The monoisotopic (exact) mass is 248 g/mol. The maximum Gasteiger partial charge on any atom is 0.243 e. The number of anilines is 1. The predicted molar refractivity (Wildman–Crippen MR) is 71.9 cm³/mol. The van der Waals surface area contributed by atoms with Crippen LogP contribution in [0.25, 0.3) is 0 Å². The molecule has 2 N–H and O–H groups in total. The molecule has 1 heterocycles. The standard InChI is InChI=1S/C14H20N2O2/c1-3-12(15)14(17)16-8-4-5-10-9-11(18-2)6-7-13(10)16/h6-7,9,12H,3-5,8,15H2,1-2H3/t12-/m1/s1. The van der Waals surface area contributed by atoms with Gasteiger partial charge in [-0.25, -0.2) is 0 Å². The predicted octanol–water partition coefficient (Wildman–Crippen LogP) is 1.71. The van der Waals surface area contributed by atoms with Crippen molar-refractivity contribution in [2.45, 2.75) is 32.2 Å². The van der Waals surface area contributed by atoms with Crippen LogP contribution in [0.3, 0.4) is 0 Å². The second kappa shape index (κ2) is 5.40. The molecule has 1 atom stereocenters. The van der Waals surface area contributed by atoms with Gasteiger partial charge in [0.2, 0.25) is 5.91 Å². The summed E-state index contributed by atoms with van der Waals surface area (Å²) < 4.78 is 5.22. The Labute approximate surface area is 108 Å². The van der Waals surface area contributed by atoms with E-state index < -0.39 is 6.04 Å². The first-order valence-corrected chi connectivity index (χ1v) is 6.41. The average Bonchev–Trinajstić information content (AvgIpc) is 2.44. The molecule has 0 spiro atoms. The number of methoxy groups -OCH3 is 1. The number of ether oxygens (including phenoxy) is 1. The number of amides is 1. The summed E-state index contributed by atoms with van der Waals surface area (Å²) in [6.45, 7) is 2.69. The molecule has 4 nitrogen and oxygen atoms in total. The van der Waals surface area contributed by atoms with Crippen LogP contribution in [0.15, 0.2) is 18.2 Å². The molecule has 0 saturated heterocycles. The Balaban J connectivity index is 2.30. The Morgan fingerprint density at radius 1 is 1.56 bits per heavy atom. The Morgan fingerprint density at radius 3 is 3.00 bits per heavy atom. The van der Waals surface area contributed by atoms with Gasteiger partial charge < -0.3 is 15.4 Å². The fourth-order valence-electron chi connectivity index (χ4n) is 2.30. The van der Waals surface area contributed by atoms with Crippen LogP contribution in [0.2, 0.25) is 0 Å². The third kappa shape index (κ3) is 2.34. The van der Waals surface area contributed by atoms with Crippen LogP contribution < -0.4 is 15.4 Å². The molecular weight excluding hydrogens is 228 g/mol. The van der Waals surface area contributed by atoms with E-state index in [-0.39, 0.29) is 5.91 Å². The molecule has 0 aromatic heterocycles. The highest BCUT2D eigenvalue weighted by molar-refractivity contribution is 5.98. The van der Waals surface area contributed by atoms with Gasteiger partial charge in [0, 0.05) is 12.2 Å². The first-order valence-electron chi connectivity index (χ1n) is 6.41. The zero-order valence-corrected chi connectivity index (χ0v) is 11.0. The van der Waals surface area contributed by atoms with Crippen LogP contribution in [0.5, 0.6) is 5.75 Å². The van der Waals surface area contributed by atoms with E-state index >= 15 is 0 Å². The summed E-state index contributed by atoms with van der Waals surface area (Å²) in [6, 6.07) is 5.44. The molecule has 0 fully saturated rings. The maximum absolute atomic E-state index is 12.2. The normalized spacial score (nSPS) is 16.1. The zero-order chi connectivity index (χ0) is 13.1. The third-order valence-electron chi connectivity index (χ3n) is 3.43. The van der Waals surface area contributed by atoms with E-state index in [1.165, 1.54) is 0 Å². The van der Waals surface area contributed by atoms with Crippen LogP contribution in [-0.2, 0) is 11.2 Å². The third-order valence-corrected chi connectivity index (χ3v) is 3.43. The van der Waals surface area contributed by atoms with Gasteiger partial charge in [0.25, 0.3) is 0 Å². The second-order valence-electron chi connectivity index (χ2n) is 4.60. The number of carbonyl (C=O) groups excluding carboxylic acids is 1. The fraction of sp³-hybridized carbons (Fsp3) is 0.500. The lowest BCUT2D eigenvalue weighted by Crippen LogP contribution is -2.45. The molecular formula is C14H20N2O2. The van der Waals surface area contributed by atoms with Crippen molar-refractivity contribution in [3.63, 3.8) is 0 Å². The van der Waals surface area contributed by atoms with Crippen molar-refractivity contribution < 1.29 is 9.53 Å². The number of rotatable bonds is 3. The van der Waals surface area contributed by atoms with Crippen molar-refractivity contribution in [1.82, 2.24) is 0 Å². The average molecular weight is 248 g/mol. The molecule has 1 amide bonds. The SMILES string of the molecule is CC[C@@H](N)C(=O)N1CCCc2cc(OC)ccc21. The smallest absolute Gasteiger partial charge is 0.243 e. The Hall–Kier alpha value is -1.55. The molecule has 0 radical (unpaired) electrons. The molecule has 4 heteroatoms. The summed E-state index contributed by atoms with van der Waals surface area (Å²) in [4.78, 5) is 14.0. The molecule has 0 aliphatic carbocycles. The highest BCUT2D eigenvalue weighted by Gasteiger charge is 2.25. The molecule has 0 saturated carbocycles. The van der Waals surface area contributed by atoms with E-state index in [4.69, 9.17) is 10.5 Å². The van der Waals surface area contributed by atoms with E-state index in [1.807, 2.05) is 30.0 Å². The van der Waals surface area contributed by atoms with Crippen LogP contribution >= 0.6 is 0 Å². The summed E-state index contributed by atoms with van der Waals surface area (Å²) in [6.07, 6.45) is 2.63. The summed E-state index contributed by atoms with van der Waals surface area (Å²) in [7, 11) is 1.65. The lowest BCUT2D eigenvalue weighted by Gasteiger charge is -2.31. The van der Waals surface area contributed by atoms with Gasteiger partial charge in [-0.1, -0.05) is 6.92 Å². The largest absolute Gasteiger partial charge is 0.497 e. The topological polar surface area (TPSA) is 55.6 Å².